The van der Waals surface area contributed by atoms with Crippen LogP contribution in [0.15, 0.2) is 29.4 Å². The van der Waals surface area contributed by atoms with Gasteiger partial charge in [0.05, 0.1) is 135 Å². The molecule has 396 valence electrons. The maximum Gasteiger partial charge on any atom is 0.311 e. The fourth-order valence-electron chi connectivity index (χ4n) is 7.05. The summed E-state index contributed by atoms with van der Waals surface area (Å²) in [6.45, 7) is 19.6. The Labute approximate surface area is 417 Å². The molecule has 0 aromatic carbocycles. The van der Waals surface area contributed by atoms with E-state index in [1.54, 1.807) is 44.9 Å². The van der Waals surface area contributed by atoms with Gasteiger partial charge in [-0.2, -0.15) is 0 Å². The van der Waals surface area contributed by atoms with Gasteiger partial charge in [0, 0.05) is 19.1 Å². The van der Waals surface area contributed by atoms with Crippen molar-refractivity contribution in [3.8, 4) is 0 Å². The normalized spacial score (nSPS) is 13.5. The number of esters is 3. The van der Waals surface area contributed by atoms with Gasteiger partial charge in [-0.05, 0) is 76.3 Å². The second-order valence-corrected chi connectivity index (χ2v) is 20.0. The van der Waals surface area contributed by atoms with Gasteiger partial charge in [0.2, 0.25) is 0 Å². The molecule has 16 nitrogen and oxygen atoms in total. The zero-order valence-electron chi connectivity index (χ0n) is 42.8. The van der Waals surface area contributed by atoms with Crippen molar-refractivity contribution < 1.29 is 71.2 Å². The largest absolute Gasteiger partial charge is 0.465 e. The van der Waals surface area contributed by atoms with E-state index in [2.05, 4.69) is 11.9 Å². The Morgan fingerprint density at radius 1 is 0.485 bits per heavy atom. The predicted octanol–water partition coefficient (Wildman–Crippen LogP) is 8.60. The number of carbonyl (C=O) groups excluding carboxylic acids is 3. The summed E-state index contributed by atoms with van der Waals surface area (Å²) in [6, 6.07) is 5.72. The summed E-state index contributed by atoms with van der Waals surface area (Å²) >= 11 is 0. The van der Waals surface area contributed by atoms with Crippen molar-refractivity contribution in [1.82, 2.24) is 4.98 Å². The van der Waals surface area contributed by atoms with Crippen molar-refractivity contribution in [3.63, 3.8) is 0 Å². The SMILES string of the molecule is CCCCCCCCCCOC(=O)C(C)(CC(C)(C)C(=O)OCCSSc1ccccn1)CC(C)(CC)C(=O)OCCOCCOCCOCCOCCOCCOCCOCCOCCOC. The number of pyridine rings is 1. The van der Waals surface area contributed by atoms with Crippen molar-refractivity contribution in [2.24, 2.45) is 16.2 Å². The van der Waals surface area contributed by atoms with Gasteiger partial charge in [0.1, 0.15) is 18.2 Å². The highest BCUT2D eigenvalue weighted by atomic mass is 33.1. The standard InChI is InChI=1S/C50H89NO15S2/c1-8-10-11-12-13-14-15-18-21-64-47(54)50(6,42-48(3,4)45(52)66-40-41-67-68-44-19-16-17-20-51-44)43-49(5,9-2)46(53)65-39-38-63-37-36-62-35-34-61-33-32-60-31-30-59-29-28-58-27-26-57-25-24-56-23-22-55-7/h16-17,19-20H,8-15,18,21-43H2,1-7H3. The molecule has 0 aliphatic heterocycles. The van der Waals surface area contributed by atoms with E-state index in [0.29, 0.717) is 118 Å². The molecule has 18 heteroatoms. The molecule has 0 bridgehead atoms. The van der Waals surface area contributed by atoms with Gasteiger partial charge in [-0.1, -0.05) is 75.7 Å². The third kappa shape index (κ3) is 33.5. The minimum atomic E-state index is -1.18. The predicted molar refractivity (Wildman–Crippen MR) is 266 cm³/mol. The second kappa shape index (κ2) is 42.6. The molecule has 1 heterocycles. The zero-order chi connectivity index (χ0) is 49.9. The first kappa shape index (κ1) is 63.9. The summed E-state index contributed by atoms with van der Waals surface area (Å²) in [4.78, 5) is 45.5. The summed E-state index contributed by atoms with van der Waals surface area (Å²) in [5.41, 5.74) is -3.24. The smallest absolute Gasteiger partial charge is 0.311 e. The molecule has 0 aliphatic carbocycles. The van der Waals surface area contributed by atoms with Gasteiger partial charge in [0.15, 0.2) is 0 Å². The Morgan fingerprint density at radius 3 is 1.37 bits per heavy atom. The highest BCUT2D eigenvalue weighted by Gasteiger charge is 2.50. The van der Waals surface area contributed by atoms with Crippen LogP contribution in [0.3, 0.4) is 0 Å². The van der Waals surface area contributed by atoms with E-state index >= 15 is 0 Å². The number of unbranched alkanes of at least 4 members (excludes halogenated alkanes) is 7. The van der Waals surface area contributed by atoms with E-state index in [4.69, 9.17) is 56.8 Å². The maximum atomic E-state index is 14.0. The topological polar surface area (TPSA) is 175 Å². The van der Waals surface area contributed by atoms with Crippen molar-refractivity contribution in [1.29, 1.82) is 0 Å². The fourth-order valence-corrected chi connectivity index (χ4v) is 8.75. The van der Waals surface area contributed by atoms with Crippen LogP contribution >= 0.6 is 21.6 Å². The van der Waals surface area contributed by atoms with Gasteiger partial charge >= 0.3 is 17.9 Å². The minimum absolute atomic E-state index is 0.0485. The molecule has 0 N–H and O–H groups in total. The van der Waals surface area contributed by atoms with E-state index < -0.39 is 34.2 Å². The number of methoxy groups -OCH3 is 1. The lowest BCUT2D eigenvalue weighted by atomic mass is 9.65. The number of carbonyl (C=O) groups is 3. The summed E-state index contributed by atoms with van der Waals surface area (Å²) in [5, 5.41) is 0.880. The highest BCUT2D eigenvalue weighted by molar-refractivity contribution is 8.76. The van der Waals surface area contributed by atoms with Crippen molar-refractivity contribution in [2.75, 3.05) is 145 Å². The zero-order valence-corrected chi connectivity index (χ0v) is 44.5. The Morgan fingerprint density at radius 2 is 0.912 bits per heavy atom. The van der Waals surface area contributed by atoms with E-state index in [1.165, 1.54) is 42.9 Å². The molecule has 68 heavy (non-hydrogen) atoms. The molecule has 0 saturated carbocycles. The van der Waals surface area contributed by atoms with E-state index in [1.807, 2.05) is 32.0 Å². The Kier molecular flexibility index (Phi) is 40.0. The lowest BCUT2D eigenvalue weighted by Gasteiger charge is -2.39. The Balaban J connectivity index is 2.38. The highest BCUT2D eigenvalue weighted by Crippen LogP contribution is 2.46. The molecule has 0 aliphatic rings. The molecule has 2 atom stereocenters. The van der Waals surface area contributed by atoms with Crippen LogP contribution in [0.4, 0.5) is 0 Å². The fraction of sp³-hybridized carbons (Fsp3) is 0.840. The van der Waals surface area contributed by atoms with Gasteiger partial charge in [-0.15, -0.1) is 0 Å². The number of hydrogen-bond donors (Lipinski definition) is 0. The Bertz CT molecular complexity index is 1370. The molecular formula is C50H89NO15S2. The molecule has 2 unspecified atom stereocenters. The first-order chi connectivity index (χ1) is 32.9. The number of rotatable bonds is 49. The summed E-state index contributed by atoms with van der Waals surface area (Å²) in [6.07, 6.45) is 11.4. The number of aromatic nitrogens is 1. The van der Waals surface area contributed by atoms with Gasteiger partial charge < -0.3 is 56.8 Å². The molecular weight excluding hydrogens is 919 g/mol. The average molecular weight is 1010 g/mol. The number of hydrogen-bond acceptors (Lipinski definition) is 18. The maximum absolute atomic E-state index is 14.0. The molecule has 0 fully saturated rings. The van der Waals surface area contributed by atoms with E-state index in [0.717, 1.165) is 24.3 Å². The van der Waals surface area contributed by atoms with Crippen LogP contribution in [-0.2, 0) is 71.2 Å². The molecule has 1 aromatic heterocycles. The summed E-state index contributed by atoms with van der Waals surface area (Å²) < 4.78 is 66.3. The van der Waals surface area contributed by atoms with Crippen LogP contribution in [0.2, 0.25) is 0 Å². The molecule has 0 spiro atoms. The molecule has 1 rings (SSSR count). The van der Waals surface area contributed by atoms with E-state index in [-0.39, 0.29) is 39.3 Å². The number of nitrogens with zero attached hydrogens (tertiary/aromatic N) is 1. The second-order valence-electron chi connectivity index (χ2n) is 17.6. The van der Waals surface area contributed by atoms with Crippen molar-refractivity contribution in [3.05, 3.63) is 24.4 Å². The number of ether oxygens (including phenoxy) is 12. The van der Waals surface area contributed by atoms with Gasteiger partial charge in [-0.25, -0.2) is 4.98 Å². The van der Waals surface area contributed by atoms with Crippen LogP contribution in [0, 0.1) is 16.2 Å². The van der Waals surface area contributed by atoms with Crippen LogP contribution in [0.25, 0.3) is 0 Å². The summed E-state index contributed by atoms with van der Waals surface area (Å²) in [5.74, 6) is -0.689. The van der Waals surface area contributed by atoms with Crippen LogP contribution in [-0.4, -0.2) is 168 Å². The van der Waals surface area contributed by atoms with E-state index in [9.17, 15) is 14.4 Å². The molecule has 0 radical (unpaired) electrons. The summed E-state index contributed by atoms with van der Waals surface area (Å²) in [7, 11) is 4.71. The molecule has 0 saturated heterocycles. The lowest BCUT2D eigenvalue weighted by molar-refractivity contribution is -0.169. The first-order valence-electron chi connectivity index (χ1n) is 24.8. The monoisotopic (exact) mass is 1010 g/mol. The first-order valence-corrected chi connectivity index (χ1v) is 27.1. The lowest BCUT2D eigenvalue weighted by Crippen LogP contribution is -2.44. The molecule has 0 amide bonds. The van der Waals surface area contributed by atoms with Crippen LogP contribution in [0.5, 0.6) is 0 Å². The molecule has 1 aromatic rings. The van der Waals surface area contributed by atoms with Crippen LogP contribution < -0.4 is 0 Å². The third-order valence-corrected chi connectivity index (χ3v) is 13.1. The third-order valence-electron chi connectivity index (χ3n) is 10.8. The Hall–Kier alpha value is -2.10. The van der Waals surface area contributed by atoms with Crippen LogP contribution in [0.1, 0.15) is 112 Å². The van der Waals surface area contributed by atoms with Gasteiger partial charge in [0.25, 0.3) is 0 Å². The van der Waals surface area contributed by atoms with Crippen molar-refractivity contribution in [2.45, 2.75) is 117 Å². The average Bonchev–Trinajstić information content (AvgIpc) is 3.32. The minimum Gasteiger partial charge on any atom is -0.465 e. The van der Waals surface area contributed by atoms with Crippen molar-refractivity contribution >= 4 is 39.5 Å². The quantitative estimate of drug-likeness (QED) is 0.0262. The van der Waals surface area contributed by atoms with Gasteiger partial charge in [-0.3, -0.25) is 14.4 Å².